The number of hydrogen-bond donors (Lipinski definition) is 1. The fraction of sp³-hybridized carbons (Fsp3) is 0.625. The smallest absolute Gasteiger partial charge is 0.00147 e. The third-order valence-electron chi connectivity index (χ3n) is 3.94. The van der Waals surface area contributed by atoms with E-state index in [1.807, 2.05) is 0 Å². The molecule has 1 fully saturated rings. The highest BCUT2D eigenvalue weighted by Crippen LogP contribution is 2.33. The second-order valence-corrected chi connectivity index (χ2v) is 5.57. The molecule has 1 nitrogen and oxygen atoms in total. The number of aryl methyl sites for hydroxylation is 2. The highest BCUT2D eigenvalue weighted by atomic mass is 14.9. The molecule has 1 N–H and O–H groups in total. The molecule has 1 heteroatoms. The Kier molecular flexibility index (Phi) is 4.22. The van der Waals surface area contributed by atoms with Crippen molar-refractivity contribution in [2.75, 3.05) is 13.1 Å². The molecule has 0 saturated carbocycles. The molecule has 1 aromatic rings. The molecule has 1 aliphatic heterocycles. The van der Waals surface area contributed by atoms with Crippen molar-refractivity contribution < 1.29 is 0 Å². The van der Waals surface area contributed by atoms with Crippen molar-refractivity contribution in [2.45, 2.75) is 46.0 Å². The lowest BCUT2D eigenvalue weighted by Gasteiger charge is -2.33. The maximum Gasteiger partial charge on any atom is -0.00147 e. The van der Waals surface area contributed by atoms with Crippen LogP contribution < -0.4 is 5.32 Å². The molecule has 0 aliphatic carbocycles. The zero-order valence-electron chi connectivity index (χ0n) is 11.4. The second-order valence-electron chi connectivity index (χ2n) is 5.57. The van der Waals surface area contributed by atoms with Gasteiger partial charge in [-0.25, -0.2) is 0 Å². The Bertz CT molecular complexity index is 348. The van der Waals surface area contributed by atoms with Crippen molar-refractivity contribution in [1.82, 2.24) is 5.32 Å². The van der Waals surface area contributed by atoms with E-state index in [2.05, 4.69) is 44.3 Å². The summed E-state index contributed by atoms with van der Waals surface area (Å²) in [6, 6.07) is 7.07. The molecular formula is C16H25N. The Morgan fingerprint density at radius 3 is 2.53 bits per heavy atom. The van der Waals surface area contributed by atoms with Gasteiger partial charge in [0.15, 0.2) is 0 Å². The number of benzene rings is 1. The van der Waals surface area contributed by atoms with Crippen LogP contribution in [0.2, 0.25) is 0 Å². The highest BCUT2D eigenvalue weighted by Gasteiger charge is 2.25. The van der Waals surface area contributed by atoms with E-state index in [9.17, 15) is 0 Å². The number of nitrogens with one attached hydrogen (secondary N) is 1. The third kappa shape index (κ3) is 3.10. The lowest BCUT2D eigenvalue weighted by Crippen LogP contribution is -2.35. The van der Waals surface area contributed by atoms with Gasteiger partial charge in [0, 0.05) is 0 Å². The molecule has 1 aromatic carbocycles. The number of hydrogen-bond acceptors (Lipinski definition) is 1. The minimum absolute atomic E-state index is 0.773. The summed E-state index contributed by atoms with van der Waals surface area (Å²) in [6.45, 7) is 9.11. The fourth-order valence-electron chi connectivity index (χ4n) is 3.26. The van der Waals surface area contributed by atoms with Gasteiger partial charge in [-0.1, -0.05) is 42.7 Å². The predicted molar refractivity (Wildman–Crippen MR) is 74.5 cm³/mol. The van der Waals surface area contributed by atoms with E-state index in [0.29, 0.717) is 0 Å². The summed E-state index contributed by atoms with van der Waals surface area (Å²) in [4.78, 5) is 0. The summed E-state index contributed by atoms with van der Waals surface area (Å²) in [6.07, 6.45) is 3.95. The number of rotatable bonds is 3. The van der Waals surface area contributed by atoms with E-state index < -0.39 is 0 Å². The molecule has 1 saturated heterocycles. The van der Waals surface area contributed by atoms with E-state index >= 15 is 0 Å². The maximum absolute atomic E-state index is 3.55. The van der Waals surface area contributed by atoms with Crippen molar-refractivity contribution in [2.24, 2.45) is 5.92 Å². The Hall–Kier alpha value is -0.820. The lowest BCUT2D eigenvalue weighted by atomic mass is 9.78. The predicted octanol–water partition coefficient (Wildman–Crippen LogP) is 3.80. The van der Waals surface area contributed by atoms with Gasteiger partial charge in [-0.3, -0.25) is 0 Å². The zero-order valence-corrected chi connectivity index (χ0v) is 11.4. The summed E-state index contributed by atoms with van der Waals surface area (Å²) >= 11 is 0. The van der Waals surface area contributed by atoms with E-state index in [1.54, 1.807) is 5.56 Å². The highest BCUT2D eigenvalue weighted by molar-refractivity contribution is 5.31. The molecule has 1 aliphatic rings. The standard InChI is InChI=1S/C16H25N/c1-4-5-14-11-17-7-6-16(14)15-9-12(2)8-13(3)10-15/h8-10,14,16-17H,4-7,11H2,1-3H3. The topological polar surface area (TPSA) is 12.0 Å². The molecule has 0 bridgehead atoms. The van der Waals surface area contributed by atoms with Crippen LogP contribution in [0.5, 0.6) is 0 Å². The van der Waals surface area contributed by atoms with Crippen LogP contribution in [0.15, 0.2) is 18.2 Å². The molecule has 2 unspecified atom stereocenters. The largest absolute Gasteiger partial charge is 0.316 e. The molecule has 0 amide bonds. The third-order valence-corrected chi connectivity index (χ3v) is 3.94. The van der Waals surface area contributed by atoms with E-state index in [0.717, 1.165) is 11.8 Å². The number of piperidine rings is 1. The van der Waals surface area contributed by atoms with Crippen LogP contribution in [0.4, 0.5) is 0 Å². The SMILES string of the molecule is CCCC1CNCCC1c1cc(C)cc(C)c1. The van der Waals surface area contributed by atoms with Gasteiger partial charge in [-0.2, -0.15) is 0 Å². The Morgan fingerprint density at radius 1 is 1.18 bits per heavy atom. The maximum atomic E-state index is 3.55. The molecular weight excluding hydrogens is 206 g/mol. The second kappa shape index (κ2) is 5.68. The fourth-order valence-corrected chi connectivity index (χ4v) is 3.26. The van der Waals surface area contributed by atoms with Gasteiger partial charge in [0.1, 0.15) is 0 Å². The Balaban J connectivity index is 2.22. The summed E-state index contributed by atoms with van der Waals surface area (Å²) in [5.74, 6) is 1.60. The van der Waals surface area contributed by atoms with Crippen molar-refractivity contribution >= 4 is 0 Å². The van der Waals surface area contributed by atoms with E-state index in [-0.39, 0.29) is 0 Å². The summed E-state index contributed by atoms with van der Waals surface area (Å²) < 4.78 is 0. The van der Waals surface area contributed by atoms with E-state index in [4.69, 9.17) is 0 Å². The van der Waals surface area contributed by atoms with Crippen LogP contribution in [0, 0.1) is 19.8 Å². The average Bonchev–Trinajstić information content (AvgIpc) is 2.29. The van der Waals surface area contributed by atoms with Crippen LogP contribution in [0.1, 0.15) is 48.8 Å². The van der Waals surface area contributed by atoms with Gasteiger partial charge in [0.25, 0.3) is 0 Å². The van der Waals surface area contributed by atoms with Crippen LogP contribution in [-0.4, -0.2) is 13.1 Å². The van der Waals surface area contributed by atoms with Crippen LogP contribution in [0.25, 0.3) is 0 Å². The van der Waals surface area contributed by atoms with Crippen LogP contribution >= 0.6 is 0 Å². The molecule has 0 radical (unpaired) electrons. The molecule has 94 valence electrons. The van der Waals surface area contributed by atoms with Gasteiger partial charge in [0.2, 0.25) is 0 Å². The van der Waals surface area contributed by atoms with Crippen LogP contribution in [-0.2, 0) is 0 Å². The Morgan fingerprint density at radius 2 is 1.88 bits per heavy atom. The van der Waals surface area contributed by atoms with Crippen molar-refractivity contribution in [3.63, 3.8) is 0 Å². The normalized spacial score (nSPS) is 24.9. The molecule has 0 spiro atoms. The van der Waals surface area contributed by atoms with Gasteiger partial charge < -0.3 is 5.32 Å². The van der Waals surface area contributed by atoms with Crippen molar-refractivity contribution in [1.29, 1.82) is 0 Å². The van der Waals surface area contributed by atoms with Gasteiger partial charge >= 0.3 is 0 Å². The first kappa shape index (κ1) is 12.6. The minimum Gasteiger partial charge on any atom is -0.316 e. The summed E-state index contributed by atoms with van der Waals surface area (Å²) in [7, 11) is 0. The first-order valence-electron chi connectivity index (χ1n) is 6.99. The van der Waals surface area contributed by atoms with Gasteiger partial charge in [-0.05, 0) is 57.2 Å². The first-order chi connectivity index (χ1) is 8.20. The van der Waals surface area contributed by atoms with Crippen LogP contribution in [0.3, 0.4) is 0 Å². The van der Waals surface area contributed by atoms with Crippen molar-refractivity contribution in [3.8, 4) is 0 Å². The van der Waals surface area contributed by atoms with Gasteiger partial charge in [0.05, 0.1) is 0 Å². The molecule has 2 rings (SSSR count). The van der Waals surface area contributed by atoms with E-state index in [1.165, 1.54) is 43.5 Å². The molecule has 2 atom stereocenters. The van der Waals surface area contributed by atoms with Gasteiger partial charge in [-0.15, -0.1) is 0 Å². The molecule has 0 aromatic heterocycles. The average molecular weight is 231 g/mol. The minimum atomic E-state index is 0.773. The Labute approximate surface area is 106 Å². The molecule has 17 heavy (non-hydrogen) atoms. The quantitative estimate of drug-likeness (QED) is 0.834. The summed E-state index contributed by atoms with van der Waals surface area (Å²) in [5, 5.41) is 3.55. The first-order valence-corrected chi connectivity index (χ1v) is 6.99. The molecule has 1 heterocycles. The summed E-state index contributed by atoms with van der Waals surface area (Å²) in [5.41, 5.74) is 4.39. The van der Waals surface area contributed by atoms with Crippen molar-refractivity contribution in [3.05, 3.63) is 34.9 Å². The monoisotopic (exact) mass is 231 g/mol. The lowest BCUT2D eigenvalue weighted by molar-refractivity contribution is 0.306. The zero-order chi connectivity index (χ0) is 12.3.